The minimum atomic E-state index is -1.21. The van der Waals surface area contributed by atoms with Crippen LogP contribution in [0.1, 0.15) is 17.4 Å². The number of carbonyl (C=O) groups is 1. The fourth-order valence-corrected chi connectivity index (χ4v) is 1.85. The van der Waals surface area contributed by atoms with Gasteiger partial charge in [0.1, 0.15) is 0 Å². The lowest BCUT2D eigenvalue weighted by Crippen LogP contribution is -2.01. The van der Waals surface area contributed by atoms with Gasteiger partial charge in [-0.05, 0) is 41.1 Å². The molecule has 0 unspecified atom stereocenters. The zero-order valence-corrected chi connectivity index (χ0v) is 12.2. The Morgan fingerprint density at radius 3 is 2.89 bits per heavy atom. The Balaban J connectivity index is 2.47. The van der Waals surface area contributed by atoms with Crippen LogP contribution in [-0.2, 0) is 0 Å². The van der Waals surface area contributed by atoms with Gasteiger partial charge in [0.25, 0.3) is 0 Å². The highest BCUT2D eigenvalue weighted by molar-refractivity contribution is 9.10. The van der Waals surface area contributed by atoms with Crippen molar-refractivity contribution in [3.63, 3.8) is 0 Å². The molecule has 0 atom stereocenters. The zero-order valence-electron chi connectivity index (χ0n) is 9.81. The lowest BCUT2D eigenvalue weighted by Gasteiger charge is -1.99. The highest BCUT2D eigenvalue weighted by atomic mass is 79.9. The highest BCUT2D eigenvalue weighted by Crippen LogP contribution is 2.31. The van der Waals surface area contributed by atoms with E-state index in [1.165, 1.54) is 0 Å². The van der Waals surface area contributed by atoms with E-state index in [4.69, 9.17) is 25.9 Å². The lowest BCUT2D eigenvalue weighted by molar-refractivity contribution is 0.0683. The molecule has 1 N–H and O–H groups in total. The summed E-state index contributed by atoms with van der Waals surface area (Å²) in [5, 5.41) is 9.49. The van der Waals surface area contributed by atoms with Gasteiger partial charge >= 0.3 is 11.9 Å². The molecule has 0 saturated carbocycles. The Morgan fingerprint density at radius 1 is 1.58 bits per heavy atom. The second-order valence-electron chi connectivity index (χ2n) is 3.52. The summed E-state index contributed by atoms with van der Waals surface area (Å²) in [5.41, 5.74) is 0.317. The summed E-state index contributed by atoms with van der Waals surface area (Å²) >= 11 is 9.24. The van der Waals surface area contributed by atoms with E-state index >= 15 is 0 Å². The molecule has 19 heavy (non-hydrogen) atoms. The minimum absolute atomic E-state index is 0.107. The second kappa shape index (κ2) is 5.63. The quantitative estimate of drug-likeness (QED) is 0.910. The number of rotatable bonds is 4. The summed E-state index contributed by atoms with van der Waals surface area (Å²) in [7, 11) is 0. The number of aromatic nitrogens is 1. The van der Waals surface area contributed by atoms with Gasteiger partial charge in [-0.3, -0.25) is 0 Å². The third-order valence-electron chi connectivity index (χ3n) is 2.24. The van der Waals surface area contributed by atoms with Crippen LogP contribution in [0.5, 0.6) is 5.95 Å². The highest BCUT2D eigenvalue weighted by Gasteiger charge is 2.21. The molecule has 0 fully saturated rings. The largest absolute Gasteiger partial charge is 0.476 e. The predicted molar refractivity (Wildman–Crippen MR) is 72.8 cm³/mol. The number of benzene rings is 1. The molecule has 0 radical (unpaired) electrons. The molecule has 0 aliphatic rings. The van der Waals surface area contributed by atoms with Crippen molar-refractivity contribution in [1.29, 1.82) is 0 Å². The number of aromatic carboxylic acids is 1. The summed E-state index contributed by atoms with van der Waals surface area (Å²) < 4.78 is 11.1. The van der Waals surface area contributed by atoms with Crippen LogP contribution < -0.4 is 4.74 Å². The zero-order chi connectivity index (χ0) is 14.0. The van der Waals surface area contributed by atoms with E-state index in [1.807, 2.05) is 0 Å². The van der Waals surface area contributed by atoms with Crippen molar-refractivity contribution in [1.82, 2.24) is 4.98 Å². The summed E-state index contributed by atoms with van der Waals surface area (Å²) in [4.78, 5) is 14.9. The summed E-state index contributed by atoms with van der Waals surface area (Å²) in [6.07, 6.45) is 0. The van der Waals surface area contributed by atoms with Crippen molar-refractivity contribution >= 4 is 33.5 Å². The molecular weight excluding hydrogens is 337 g/mol. The molecule has 0 amide bonds. The van der Waals surface area contributed by atoms with Crippen molar-refractivity contribution in [3.8, 4) is 17.4 Å². The third kappa shape index (κ3) is 2.90. The van der Waals surface area contributed by atoms with Gasteiger partial charge in [-0.1, -0.05) is 11.6 Å². The van der Waals surface area contributed by atoms with Crippen LogP contribution in [0, 0.1) is 0 Å². The third-order valence-corrected chi connectivity index (χ3v) is 3.47. The van der Waals surface area contributed by atoms with Gasteiger partial charge < -0.3 is 14.3 Å². The minimum Gasteiger partial charge on any atom is -0.476 e. The Labute approximate surface area is 122 Å². The Morgan fingerprint density at radius 2 is 2.32 bits per heavy atom. The molecule has 2 aromatic rings. The van der Waals surface area contributed by atoms with Crippen LogP contribution in [0.3, 0.4) is 0 Å². The number of carboxylic acids is 1. The fourth-order valence-electron chi connectivity index (χ4n) is 1.42. The topological polar surface area (TPSA) is 72.6 Å². The number of hydrogen-bond donors (Lipinski definition) is 1. The van der Waals surface area contributed by atoms with Crippen LogP contribution in [0.4, 0.5) is 0 Å². The van der Waals surface area contributed by atoms with E-state index < -0.39 is 5.97 Å². The van der Waals surface area contributed by atoms with E-state index in [1.54, 1.807) is 25.1 Å². The number of oxazole rings is 1. The number of carboxylic acid groups (broad SMARTS) is 1. The van der Waals surface area contributed by atoms with E-state index in [0.717, 1.165) is 4.47 Å². The fraction of sp³-hybridized carbons (Fsp3) is 0.167. The smallest absolute Gasteiger partial charge is 0.362 e. The van der Waals surface area contributed by atoms with Crippen LogP contribution in [0.15, 0.2) is 27.1 Å². The maximum Gasteiger partial charge on any atom is 0.362 e. The predicted octanol–water partition coefficient (Wildman–Crippen LogP) is 3.85. The van der Waals surface area contributed by atoms with Crippen LogP contribution in [-0.4, -0.2) is 22.7 Å². The van der Waals surface area contributed by atoms with E-state index in [0.29, 0.717) is 10.6 Å². The van der Waals surface area contributed by atoms with Crippen LogP contribution >= 0.6 is 27.5 Å². The summed E-state index contributed by atoms with van der Waals surface area (Å²) in [6, 6.07) is 5.06. The van der Waals surface area contributed by atoms with Gasteiger partial charge in [0.2, 0.25) is 11.6 Å². The number of ether oxygens (including phenoxy) is 1. The van der Waals surface area contributed by atoms with Crippen molar-refractivity contribution < 1.29 is 19.1 Å². The first-order chi connectivity index (χ1) is 9.02. The van der Waals surface area contributed by atoms with Gasteiger partial charge in [0.15, 0.2) is 0 Å². The van der Waals surface area contributed by atoms with Gasteiger partial charge in [0.05, 0.1) is 11.6 Å². The van der Waals surface area contributed by atoms with Crippen molar-refractivity contribution in [3.05, 3.63) is 33.4 Å². The maximum atomic E-state index is 11.0. The first-order valence-corrected chi connectivity index (χ1v) is 6.52. The molecule has 1 heterocycles. The van der Waals surface area contributed by atoms with Gasteiger partial charge in [0, 0.05) is 10.0 Å². The van der Waals surface area contributed by atoms with Gasteiger partial charge in [-0.25, -0.2) is 4.79 Å². The molecule has 1 aromatic heterocycles. The number of hydrogen-bond acceptors (Lipinski definition) is 4. The number of nitrogens with zero attached hydrogens (tertiary/aromatic N) is 1. The molecule has 0 spiro atoms. The van der Waals surface area contributed by atoms with Crippen LogP contribution in [0.2, 0.25) is 5.02 Å². The van der Waals surface area contributed by atoms with E-state index in [-0.39, 0.29) is 24.1 Å². The molecule has 0 bridgehead atoms. The average Bonchev–Trinajstić information content (AvgIpc) is 2.77. The standard InChI is InChI=1S/C12H9BrClNO4/c1-2-18-12-9(11(16)17)15-10(19-12)6-3-4-7(13)8(14)5-6/h3-5H,2H2,1H3,(H,16,17). The molecule has 0 aliphatic heterocycles. The second-order valence-corrected chi connectivity index (χ2v) is 4.78. The normalized spacial score (nSPS) is 10.5. The Hall–Kier alpha value is -1.53. The number of halogens is 2. The molecule has 0 aliphatic carbocycles. The first-order valence-electron chi connectivity index (χ1n) is 5.35. The van der Waals surface area contributed by atoms with Gasteiger partial charge in [-0.2, -0.15) is 4.98 Å². The molecule has 5 nitrogen and oxygen atoms in total. The van der Waals surface area contributed by atoms with Crippen molar-refractivity contribution in [2.75, 3.05) is 6.61 Å². The lowest BCUT2D eigenvalue weighted by atomic mass is 10.2. The summed E-state index contributed by atoms with van der Waals surface area (Å²) in [6.45, 7) is 2.01. The average molecular weight is 347 g/mol. The maximum absolute atomic E-state index is 11.0. The molecule has 2 rings (SSSR count). The monoisotopic (exact) mass is 345 g/mol. The van der Waals surface area contributed by atoms with Crippen LogP contribution in [0.25, 0.3) is 11.5 Å². The van der Waals surface area contributed by atoms with E-state index in [2.05, 4.69) is 20.9 Å². The van der Waals surface area contributed by atoms with Crippen molar-refractivity contribution in [2.24, 2.45) is 0 Å². The van der Waals surface area contributed by atoms with E-state index in [9.17, 15) is 4.79 Å². The Bertz CT molecular complexity index is 626. The molecule has 0 saturated heterocycles. The molecule has 100 valence electrons. The summed E-state index contributed by atoms with van der Waals surface area (Å²) in [5.74, 6) is -1.17. The van der Waals surface area contributed by atoms with Crippen molar-refractivity contribution in [2.45, 2.75) is 6.92 Å². The van der Waals surface area contributed by atoms with Gasteiger partial charge in [-0.15, -0.1) is 0 Å². The molecular formula is C12H9BrClNO4. The SMILES string of the molecule is CCOc1oc(-c2ccc(Br)c(Cl)c2)nc1C(=O)O. The molecule has 1 aromatic carbocycles. The molecule has 7 heteroatoms. The Kier molecular flexibility index (Phi) is 4.11. The first kappa shape index (κ1) is 13.9.